The average molecular weight is 362 g/mol. The zero-order chi connectivity index (χ0) is 18.5. The van der Waals surface area contributed by atoms with Crippen LogP contribution in [0.25, 0.3) is 11.4 Å². The second kappa shape index (κ2) is 8.03. The van der Waals surface area contributed by atoms with Crippen LogP contribution in [0.4, 0.5) is 4.79 Å². The van der Waals surface area contributed by atoms with Crippen molar-refractivity contribution in [2.75, 3.05) is 13.1 Å². The summed E-state index contributed by atoms with van der Waals surface area (Å²) < 4.78 is 5.50. The lowest BCUT2D eigenvalue weighted by molar-refractivity contribution is 0.171. The monoisotopic (exact) mass is 362 g/mol. The molecule has 0 aliphatic carbocycles. The van der Waals surface area contributed by atoms with Crippen LogP contribution in [0.15, 0.2) is 65.2 Å². The third kappa shape index (κ3) is 4.16. The Morgan fingerprint density at radius 2 is 1.85 bits per heavy atom. The molecule has 6 nitrogen and oxygen atoms in total. The second-order valence-electron chi connectivity index (χ2n) is 6.75. The number of piperidine rings is 1. The van der Waals surface area contributed by atoms with E-state index in [9.17, 15) is 4.79 Å². The number of urea groups is 1. The number of carbonyl (C=O) groups is 1. The minimum Gasteiger partial charge on any atom is -0.339 e. The second-order valence-corrected chi connectivity index (χ2v) is 6.75. The summed E-state index contributed by atoms with van der Waals surface area (Å²) in [4.78, 5) is 18.9. The van der Waals surface area contributed by atoms with E-state index in [2.05, 4.69) is 15.5 Å². The van der Waals surface area contributed by atoms with Crippen LogP contribution >= 0.6 is 0 Å². The maximum atomic E-state index is 12.5. The third-order valence-electron chi connectivity index (χ3n) is 4.82. The lowest BCUT2D eigenvalue weighted by Gasteiger charge is -2.31. The molecule has 1 atom stereocenters. The van der Waals surface area contributed by atoms with Crippen molar-refractivity contribution >= 4 is 6.03 Å². The van der Waals surface area contributed by atoms with Gasteiger partial charge in [-0.15, -0.1) is 0 Å². The first-order valence-electron chi connectivity index (χ1n) is 9.25. The SMILES string of the molecule is O=C(NCc1ccccc1)N1CCCC(c2nc(-c3ccccc3)no2)C1. The molecule has 1 aliphatic rings. The molecule has 0 radical (unpaired) electrons. The van der Waals surface area contributed by atoms with E-state index in [-0.39, 0.29) is 11.9 Å². The molecule has 3 aromatic rings. The Hall–Kier alpha value is -3.15. The molecule has 2 amide bonds. The molecule has 0 bridgehead atoms. The molecular weight excluding hydrogens is 340 g/mol. The van der Waals surface area contributed by atoms with Gasteiger partial charge in [0.1, 0.15) is 0 Å². The van der Waals surface area contributed by atoms with Gasteiger partial charge in [0, 0.05) is 25.2 Å². The van der Waals surface area contributed by atoms with Gasteiger partial charge in [-0.1, -0.05) is 65.8 Å². The van der Waals surface area contributed by atoms with Gasteiger partial charge in [0.2, 0.25) is 11.7 Å². The number of carbonyl (C=O) groups excluding carboxylic acids is 1. The normalized spacial score (nSPS) is 16.9. The van der Waals surface area contributed by atoms with Crippen LogP contribution < -0.4 is 5.32 Å². The molecule has 2 heterocycles. The van der Waals surface area contributed by atoms with Crippen LogP contribution in [0.5, 0.6) is 0 Å². The highest BCUT2D eigenvalue weighted by Gasteiger charge is 2.28. The topological polar surface area (TPSA) is 71.3 Å². The first kappa shape index (κ1) is 17.3. The molecule has 1 unspecified atom stereocenters. The molecule has 4 rings (SSSR count). The lowest BCUT2D eigenvalue weighted by atomic mass is 9.98. The lowest BCUT2D eigenvalue weighted by Crippen LogP contribution is -2.44. The molecular formula is C21H22N4O2. The molecule has 2 aromatic carbocycles. The third-order valence-corrected chi connectivity index (χ3v) is 4.82. The summed E-state index contributed by atoms with van der Waals surface area (Å²) in [6.45, 7) is 1.87. The van der Waals surface area contributed by atoms with Crippen molar-refractivity contribution in [3.05, 3.63) is 72.1 Å². The number of aromatic nitrogens is 2. The van der Waals surface area contributed by atoms with E-state index in [1.54, 1.807) is 0 Å². The fourth-order valence-electron chi connectivity index (χ4n) is 3.35. The van der Waals surface area contributed by atoms with Gasteiger partial charge in [-0.3, -0.25) is 0 Å². The summed E-state index contributed by atoms with van der Waals surface area (Å²) in [6, 6.07) is 19.6. The number of amides is 2. The largest absolute Gasteiger partial charge is 0.339 e. The van der Waals surface area contributed by atoms with Crippen molar-refractivity contribution in [2.24, 2.45) is 0 Å². The van der Waals surface area contributed by atoms with Crippen LogP contribution in [0, 0.1) is 0 Å². The number of hydrogen-bond acceptors (Lipinski definition) is 4. The van der Waals surface area contributed by atoms with Gasteiger partial charge >= 0.3 is 6.03 Å². The first-order chi connectivity index (χ1) is 13.3. The minimum absolute atomic E-state index is 0.0497. The van der Waals surface area contributed by atoms with E-state index in [0.717, 1.165) is 30.5 Å². The average Bonchev–Trinajstić information content (AvgIpc) is 3.24. The fourth-order valence-corrected chi connectivity index (χ4v) is 3.35. The molecule has 1 aromatic heterocycles. The highest BCUT2D eigenvalue weighted by Crippen LogP contribution is 2.27. The molecule has 6 heteroatoms. The van der Waals surface area contributed by atoms with E-state index >= 15 is 0 Å². The quantitative estimate of drug-likeness (QED) is 0.766. The Kier molecular flexibility index (Phi) is 5.14. The Bertz CT molecular complexity index is 879. The number of nitrogens with one attached hydrogen (secondary N) is 1. The zero-order valence-electron chi connectivity index (χ0n) is 15.0. The maximum absolute atomic E-state index is 12.5. The molecule has 1 aliphatic heterocycles. The standard InChI is InChI=1S/C21H22N4O2/c26-21(22-14-16-8-3-1-4-9-16)25-13-7-12-18(15-25)20-23-19(24-27-20)17-10-5-2-6-11-17/h1-6,8-11,18H,7,12-15H2,(H,22,26). The van der Waals surface area contributed by atoms with Gasteiger partial charge < -0.3 is 14.7 Å². The molecule has 1 N–H and O–H groups in total. The Morgan fingerprint density at radius 3 is 2.63 bits per heavy atom. The number of likely N-dealkylation sites (tertiary alicyclic amines) is 1. The number of nitrogens with zero attached hydrogens (tertiary/aromatic N) is 3. The molecule has 1 fully saturated rings. The van der Waals surface area contributed by atoms with Crippen molar-refractivity contribution in [2.45, 2.75) is 25.3 Å². The Morgan fingerprint density at radius 1 is 1.11 bits per heavy atom. The van der Waals surface area contributed by atoms with Gasteiger partial charge in [0.25, 0.3) is 0 Å². The van der Waals surface area contributed by atoms with E-state index in [1.165, 1.54) is 0 Å². The van der Waals surface area contributed by atoms with Crippen molar-refractivity contribution < 1.29 is 9.32 Å². The summed E-state index contributed by atoms with van der Waals surface area (Å²) in [5, 5.41) is 7.09. The summed E-state index contributed by atoms with van der Waals surface area (Å²) in [5.41, 5.74) is 2.02. The predicted molar refractivity (Wildman–Crippen MR) is 102 cm³/mol. The smallest absolute Gasteiger partial charge is 0.317 e. The highest BCUT2D eigenvalue weighted by molar-refractivity contribution is 5.74. The first-order valence-corrected chi connectivity index (χ1v) is 9.25. The van der Waals surface area contributed by atoms with Gasteiger partial charge in [-0.2, -0.15) is 4.98 Å². The van der Waals surface area contributed by atoms with E-state index < -0.39 is 0 Å². The van der Waals surface area contributed by atoms with Crippen LogP contribution in [0.3, 0.4) is 0 Å². The van der Waals surface area contributed by atoms with Crippen LogP contribution in [0.2, 0.25) is 0 Å². The fraction of sp³-hybridized carbons (Fsp3) is 0.286. The van der Waals surface area contributed by atoms with Crippen molar-refractivity contribution in [1.82, 2.24) is 20.4 Å². The number of benzene rings is 2. The summed E-state index contributed by atoms with van der Waals surface area (Å²) >= 11 is 0. The Labute approximate surface area is 158 Å². The van der Waals surface area contributed by atoms with E-state index in [4.69, 9.17) is 4.52 Å². The van der Waals surface area contributed by atoms with Gasteiger partial charge in [0.15, 0.2) is 0 Å². The van der Waals surface area contributed by atoms with Crippen molar-refractivity contribution in [3.63, 3.8) is 0 Å². The van der Waals surface area contributed by atoms with Crippen molar-refractivity contribution in [1.29, 1.82) is 0 Å². The predicted octanol–water partition coefficient (Wildman–Crippen LogP) is 3.83. The molecule has 1 saturated heterocycles. The zero-order valence-corrected chi connectivity index (χ0v) is 15.0. The van der Waals surface area contributed by atoms with E-state index in [1.807, 2.05) is 65.6 Å². The van der Waals surface area contributed by atoms with Gasteiger partial charge in [-0.25, -0.2) is 4.79 Å². The van der Waals surface area contributed by atoms with E-state index in [0.29, 0.717) is 24.8 Å². The summed E-state index contributed by atoms with van der Waals surface area (Å²) in [7, 11) is 0. The van der Waals surface area contributed by atoms with Crippen LogP contribution in [0.1, 0.15) is 30.2 Å². The van der Waals surface area contributed by atoms with Crippen LogP contribution in [-0.2, 0) is 6.54 Å². The molecule has 0 saturated carbocycles. The number of hydrogen-bond donors (Lipinski definition) is 1. The summed E-state index contributed by atoms with van der Waals surface area (Å²) in [6.07, 6.45) is 1.87. The molecule has 138 valence electrons. The maximum Gasteiger partial charge on any atom is 0.317 e. The van der Waals surface area contributed by atoms with Crippen LogP contribution in [-0.4, -0.2) is 34.2 Å². The molecule has 0 spiro atoms. The van der Waals surface area contributed by atoms with Gasteiger partial charge in [0.05, 0.1) is 5.92 Å². The summed E-state index contributed by atoms with van der Waals surface area (Å²) in [5.74, 6) is 1.27. The number of rotatable bonds is 4. The van der Waals surface area contributed by atoms with Gasteiger partial charge in [-0.05, 0) is 18.4 Å². The highest BCUT2D eigenvalue weighted by atomic mass is 16.5. The minimum atomic E-state index is -0.0497. The molecule has 27 heavy (non-hydrogen) atoms. The Balaban J connectivity index is 1.38. The van der Waals surface area contributed by atoms with Crippen molar-refractivity contribution in [3.8, 4) is 11.4 Å².